The first-order valence-corrected chi connectivity index (χ1v) is 9.93. The molecule has 2 aromatic rings. The summed E-state index contributed by atoms with van der Waals surface area (Å²) in [5.74, 6) is -6.71. The van der Waals surface area contributed by atoms with Crippen LogP contribution in [0.3, 0.4) is 0 Å². The minimum absolute atomic E-state index is 0.144. The van der Waals surface area contributed by atoms with Crippen LogP contribution in [0.25, 0.3) is 0 Å². The number of nitrogens with one attached hydrogen (secondary N) is 1. The minimum Gasteiger partial charge on any atom is -0.480 e. The summed E-state index contributed by atoms with van der Waals surface area (Å²) >= 11 is 0. The molecule has 2 aromatic carbocycles. The number of carboxylic acid groups (broad SMARTS) is 1. The van der Waals surface area contributed by atoms with Crippen molar-refractivity contribution >= 4 is 24.5 Å². The highest BCUT2D eigenvalue weighted by atomic mass is 19.1. The molecule has 0 bridgehead atoms. The van der Waals surface area contributed by atoms with Gasteiger partial charge in [0.15, 0.2) is 0 Å². The summed E-state index contributed by atoms with van der Waals surface area (Å²) in [4.78, 5) is 23.9. The van der Waals surface area contributed by atoms with Gasteiger partial charge >= 0.3 is 13.1 Å². The third-order valence-corrected chi connectivity index (χ3v) is 5.78. The Morgan fingerprint density at radius 2 is 1.50 bits per heavy atom. The fourth-order valence-electron chi connectivity index (χ4n) is 3.22. The van der Waals surface area contributed by atoms with Gasteiger partial charge in [-0.2, -0.15) is 0 Å². The summed E-state index contributed by atoms with van der Waals surface area (Å²) < 4.78 is 52.7. The number of aliphatic carboxylic acids is 1. The first kappa shape index (κ1) is 23.8. The predicted octanol–water partition coefficient (Wildman–Crippen LogP) is 2.83. The van der Waals surface area contributed by atoms with Crippen LogP contribution in [-0.4, -0.2) is 41.3 Å². The first-order valence-electron chi connectivity index (χ1n) is 9.93. The quantitative estimate of drug-likeness (QED) is 0.663. The van der Waals surface area contributed by atoms with E-state index >= 15 is 0 Å². The normalized spacial score (nSPS) is 17.8. The predicted molar refractivity (Wildman–Crippen MR) is 111 cm³/mol. The van der Waals surface area contributed by atoms with Crippen LogP contribution in [-0.2, 0) is 20.5 Å². The molecule has 0 unspecified atom stereocenters. The van der Waals surface area contributed by atoms with Crippen LogP contribution in [0.1, 0.15) is 43.6 Å². The molecule has 0 aromatic heterocycles. The van der Waals surface area contributed by atoms with E-state index in [1.165, 1.54) is 0 Å². The molecule has 170 valence electrons. The summed E-state index contributed by atoms with van der Waals surface area (Å²) in [5, 5.41) is 11.5. The van der Waals surface area contributed by atoms with Crippen LogP contribution in [0.5, 0.6) is 0 Å². The molecule has 1 fully saturated rings. The van der Waals surface area contributed by atoms with Gasteiger partial charge in [-0.25, -0.2) is 18.0 Å². The van der Waals surface area contributed by atoms with E-state index in [1.807, 2.05) is 27.7 Å². The number of hydrogen-bond donors (Lipinski definition) is 2. The molecule has 1 aliphatic heterocycles. The maximum Gasteiger partial charge on any atom is 0.494 e. The number of amides is 1. The van der Waals surface area contributed by atoms with Gasteiger partial charge in [0.25, 0.3) is 5.91 Å². The van der Waals surface area contributed by atoms with Crippen molar-refractivity contribution in [2.45, 2.75) is 51.4 Å². The van der Waals surface area contributed by atoms with E-state index in [0.29, 0.717) is 17.7 Å². The zero-order valence-electron chi connectivity index (χ0n) is 18.0. The van der Waals surface area contributed by atoms with Crippen LogP contribution in [0.2, 0.25) is 0 Å². The van der Waals surface area contributed by atoms with Gasteiger partial charge in [-0.1, -0.05) is 24.3 Å². The summed E-state index contributed by atoms with van der Waals surface area (Å²) in [6, 6.07) is 5.98. The van der Waals surface area contributed by atoms with Crippen LogP contribution in [0, 0.1) is 17.5 Å². The molecule has 1 atom stereocenters. The van der Waals surface area contributed by atoms with Gasteiger partial charge in [0.05, 0.1) is 11.2 Å². The highest BCUT2D eigenvalue weighted by Crippen LogP contribution is 2.36. The third-order valence-electron chi connectivity index (χ3n) is 5.78. The molecule has 0 saturated carbocycles. The molecule has 32 heavy (non-hydrogen) atoms. The first-order chi connectivity index (χ1) is 14.8. The lowest BCUT2D eigenvalue weighted by Gasteiger charge is -2.32. The second-order valence-corrected chi connectivity index (χ2v) is 8.64. The highest BCUT2D eigenvalue weighted by molar-refractivity contribution is 6.62. The van der Waals surface area contributed by atoms with Gasteiger partial charge in [-0.3, -0.25) is 4.79 Å². The fraction of sp³-hybridized carbons (Fsp3) is 0.364. The van der Waals surface area contributed by atoms with E-state index < -0.39 is 59.3 Å². The molecule has 2 N–H and O–H groups in total. The molecule has 10 heteroatoms. The molecule has 1 heterocycles. The van der Waals surface area contributed by atoms with Crippen molar-refractivity contribution in [3.63, 3.8) is 0 Å². The van der Waals surface area contributed by atoms with Crippen molar-refractivity contribution in [2.24, 2.45) is 0 Å². The van der Waals surface area contributed by atoms with E-state index in [0.717, 1.165) is 5.46 Å². The van der Waals surface area contributed by atoms with Gasteiger partial charge in [-0.05, 0) is 38.7 Å². The second-order valence-electron chi connectivity index (χ2n) is 8.64. The Morgan fingerprint density at radius 3 is 1.97 bits per heavy atom. The molecule has 0 radical (unpaired) electrons. The lowest BCUT2D eigenvalue weighted by Crippen LogP contribution is -2.43. The van der Waals surface area contributed by atoms with Crippen molar-refractivity contribution in [1.29, 1.82) is 0 Å². The lowest BCUT2D eigenvalue weighted by atomic mass is 9.78. The average molecular weight is 449 g/mol. The molecular formula is C22H23BF3NO5. The zero-order chi connectivity index (χ0) is 23.8. The Morgan fingerprint density at radius 1 is 1.00 bits per heavy atom. The van der Waals surface area contributed by atoms with Crippen LogP contribution in [0.4, 0.5) is 13.2 Å². The van der Waals surface area contributed by atoms with E-state index in [4.69, 9.17) is 9.31 Å². The maximum absolute atomic E-state index is 13.8. The smallest absolute Gasteiger partial charge is 0.480 e. The van der Waals surface area contributed by atoms with Crippen LogP contribution < -0.4 is 10.8 Å². The zero-order valence-corrected chi connectivity index (χ0v) is 18.0. The van der Waals surface area contributed by atoms with E-state index in [1.54, 1.807) is 24.3 Å². The molecule has 1 aliphatic rings. The molecule has 0 aliphatic carbocycles. The molecule has 6 nitrogen and oxygen atoms in total. The summed E-state index contributed by atoms with van der Waals surface area (Å²) in [6.07, 6.45) is -0.144. The Hall–Kier alpha value is -2.85. The number of halogens is 3. The SMILES string of the molecule is CC1(C)OB(c2ccc(C[C@H](NC(=O)c3c(F)cc(F)cc3F)C(=O)O)cc2)OC1(C)C. The monoisotopic (exact) mass is 449 g/mol. The average Bonchev–Trinajstić information content (AvgIpc) is 2.88. The summed E-state index contributed by atoms with van der Waals surface area (Å²) in [5.41, 5.74) is -0.787. The number of carbonyl (C=O) groups is 2. The second kappa shape index (κ2) is 8.59. The van der Waals surface area contributed by atoms with Gasteiger partial charge in [0.1, 0.15) is 29.1 Å². The molecule has 1 saturated heterocycles. The van der Waals surface area contributed by atoms with Gasteiger partial charge in [-0.15, -0.1) is 0 Å². The topological polar surface area (TPSA) is 84.9 Å². The van der Waals surface area contributed by atoms with Gasteiger partial charge < -0.3 is 19.7 Å². The Balaban J connectivity index is 1.72. The highest BCUT2D eigenvalue weighted by Gasteiger charge is 2.51. The van der Waals surface area contributed by atoms with Crippen molar-refractivity contribution in [3.8, 4) is 0 Å². The Bertz CT molecular complexity index is 1000. The third kappa shape index (κ3) is 4.81. The molecule has 3 rings (SSSR count). The van der Waals surface area contributed by atoms with E-state index in [9.17, 15) is 27.9 Å². The Labute approximate surface area is 183 Å². The number of hydrogen-bond acceptors (Lipinski definition) is 4. The molecule has 1 amide bonds. The number of rotatable bonds is 6. The lowest BCUT2D eigenvalue weighted by molar-refractivity contribution is -0.139. The van der Waals surface area contributed by atoms with E-state index in [2.05, 4.69) is 5.32 Å². The van der Waals surface area contributed by atoms with Gasteiger partial charge in [0.2, 0.25) is 0 Å². The van der Waals surface area contributed by atoms with E-state index in [-0.39, 0.29) is 6.42 Å². The van der Waals surface area contributed by atoms with Crippen molar-refractivity contribution in [2.75, 3.05) is 0 Å². The largest absolute Gasteiger partial charge is 0.494 e. The Kier molecular flexibility index (Phi) is 6.39. The van der Waals surface area contributed by atoms with Crippen molar-refractivity contribution in [1.82, 2.24) is 5.32 Å². The molecule has 0 spiro atoms. The maximum atomic E-state index is 13.8. The number of carbonyl (C=O) groups excluding carboxylic acids is 1. The number of benzene rings is 2. The number of carboxylic acids is 1. The molecular weight excluding hydrogens is 426 g/mol. The van der Waals surface area contributed by atoms with Crippen LogP contribution >= 0.6 is 0 Å². The fourth-order valence-corrected chi connectivity index (χ4v) is 3.22. The van der Waals surface area contributed by atoms with Crippen LogP contribution in [0.15, 0.2) is 36.4 Å². The van der Waals surface area contributed by atoms with Gasteiger partial charge in [0, 0.05) is 18.6 Å². The summed E-state index contributed by atoms with van der Waals surface area (Å²) in [6.45, 7) is 7.70. The summed E-state index contributed by atoms with van der Waals surface area (Å²) in [7, 11) is -0.589. The van der Waals surface area contributed by atoms with Crippen molar-refractivity contribution in [3.05, 3.63) is 65.0 Å². The standard InChI is InChI=1S/C22H23BF3NO5/c1-21(2)22(3,4)32-23(31-21)13-7-5-12(6-8-13)9-17(20(29)30)27-19(28)18-15(25)10-14(24)11-16(18)26/h5-8,10-11,17H,9H2,1-4H3,(H,27,28)(H,29,30)/t17-/m0/s1. The minimum atomic E-state index is -1.46. The van der Waals surface area contributed by atoms with Crippen molar-refractivity contribution < 1.29 is 37.2 Å².